The van der Waals surface area contributed by atoms with Gasteiger partial charge in [-0.05, 0) is 18.4 Å². The molecular weight excluding hydrogens is 208 g/mol. The van der Waals surface area contributed by atoms with E-state index >= 15 is 0 Å². The van der Waals surface area contributed by atoms with Gasteiger partial charge >= 0.3 is 0 Å². The number of nitrogens with zero attached hydrogens (tertiary/aromatic N) is 2. The maximum Gasteiger partial charge on any atom is 0.153 e. The Morgan fingerprint density at radius 2 is 2.40 bits per heavy atom. The van der Waals surface area contributed by atoms with E-state index in [1.54, 1.807) is 17.5 Å². The normalized spacial score (nSPS) is 12.3. The summed E-state index contributed by atoms with van der Waals surface area (Å²) in [7, 11) is 0. The third kappa shape index (κ3) is 2.24. The summed E-state index contributed by atoms with van der Waals surface area (Å²) in [6, 6.07) is 4.32. The van der Waals surface area contributed by atoms with Gasteiger partial charge in [0.1, 0.15) is 6.33 Å². The Morgan fingerprint density at radius 3 is 3.07 bits per heavy atom. The molecule has 3 N–H and O–H groups in total. The first-order chi connectivity index (χ1) is 7.27. The van der Waals surface area contributed by atoms with E-state index in [-0.39, 0.29) is 6.04 Å². The maximum atomic E-state index is 5.74. The summed E-state index contributed by atoms with van der Waals surface area (Å²) in [5, 5.41) is 5.30. The van der Waals surface area contributed by atoms with Crippen LogP contribution in [0.15, 0.2) is 30.0 Å². The summed E-state index contributed by atoms with van der Waals surface area (Å²) in [6.07, 6.45) is 3.08. The molecule has 2 aromatic rings. The van der Waals surface area contributed by atoms with Gasteiger partial charge in [0, 0.05) is 4.88 Å². The van der Waals surface area contributed by atoms with Crippen LogP contribution in [0.25, 0.3) is 0 Å². The molecule has 4 nitrogen and oxygen atoms in total. The standard InChI is InChI=1S/C10H12N4S/c1-7(9-3-2-4-15-9)14-10-8(11)5-12-6-13-10/h2-7H,11H2,1H3,(H,12,13,14). The van der Waals surface area contributed by atoms with Crippen molar-refractivity contribution < 1.29 is 0 Å². The van der Waals surface area contributed by atoms with E-state index in [9.17, 15) is 0 Å². The third-order valence-electron chi connectivity index (χ3n) is 2.06. The highest BCUT2D eigenvalue weighted by molar-refractivity contribution is 7.10. The van der Waals surface area contributed by atoms with Crippen LogP contribution >= 0.6 is 11.3 Å². The average Bonchev–Trinajstić information content (AvgIpc) is 2.74. The van der Waals surface area contributed by atoms with E-state index in [0.717, 1.165) is 0 Å². The fraction of sp³-hybridized carbons (Fsp3) is 0.200. The van der Waals surface area contributed by atoms with Gasteiger partial charge < -0.3 is 11.1 Å². The van der Waals surface area contributed by atoms with Crippen LogP contribution in [0, 0.1) is 0 Å². The van der Waals surface area contributed by atoms with Crippen molar-refractivity contribution in [2.75, 3.05) is 11.1 Å². The summed E-state index contributed by atoms with van der Waals surface area (Å²) in [5.74, 6) is 0.686. The highest BCUT2D eigenvalue weighted by Gasteiger charge is 2.08. The fourth-order valence-electron chi connectivity index (χ4n) is 1.27. The number of nitrogens with two attached hydrogens (primary N) is 1. The summed E-state index contributed by atoms with van der Waals surface area (Å²) in [5.41, 5.74) is 6.31. The number of hydrogen-bond donors (Lipinski definition) is 2. The first-order valence-electron chi connectivity index (χ1n) is 4.63. The molecule has 0 aromatic carbocycles. The number of anilines is 2. The lowest BCUT2D eigenvalue weighted by Gasteiger charge is -2.13. The quantitative estimate of drug-likeness (QED) is 0.833. The minimum atomic E-state index is 0.210. The molecule has 0 aliphatic heterocycles. The second-order valence-electron chi connectivity index (χ2n) is 3.21. The van der Waals surface area contributed by atoms with E-state index in [1.807, 2.05) is 6.07 Å². The van der Waals surface area contributed by atoms with E-state index in [4.69, 9.17) is 5.73 Å². The molecule has 1 atom stereocenters. The average molecular weight is 220 g/mol. The van der Waals surface area contributed by atoms with Crippen LogP contribution in [-0.2, 0) is 0 Å². The zero-order valence-electron chi connectivity index (χ0n) is 8.34. The molecular formula is C10H12N4S. The number of nitrogens with one attached hydrogen (secondary N) is 1. The second kappa shape index (κ2) is 4.27. The van der Waals surface area contributed by atoms with E-state index in [2.05, 4.69) is 33.7 Å². The van der Waals surface area contributed by atoms with E-state index in [1.165, 1.54) is 11.2 Å². The van der Waals surface area contributed by atoms with Crippen LogP contribution in [0.3, 0.4) is 0 Å². The molecule has 0 saturated heterocycles. The lowest BCUT2D eigenvalue weighted by Crippen LogP contribution is -2.08. The Morgan fingerprint density at radius 1 is 1.53 bits per heavy atom. The van der Waals surface area contributed by atoms with Gasteiger partial charge in [0.05, 0.1) is 17.9 Å². The fourth-order valence-corrected chi connectivity index (χ4v) is 2.01. The molecule has 2 heterocycles. The van der Waals surface area contributed by atoms with Gasteiger partial charge in [0.25, 0.3) is 0 Å². The molecule has 2 rings (SSSR count). The van der Waals surface area contributed by atoms with Crippen molar-refractivity contribution in [2.45, 2.75) is 13.0 Å². The van der Waals surface area contributed by atoms with Crippen molar-refractivity contribution in [3.63, 3.8) is 0 Å². The monoisotopic (exact) mass is 220 g/mol. The first kappa shape index (κ1) is 9.92. The van der Waals surface area contributed by atoms with Gasteiger partial charge in [0.15, 0.2) is 5.82 Å². The topological polar surface area (TPSA) is 63.8 Å². The number of nitrogen functional groups attached to an aromatic ring is 1. The van der Waals surface area contributed by atoms with Gasteiger partial charge in [-0.3, -0.25) is 0 Å². The van der Waals surface area contributed by atoms with Crippen molar-refractivity contribution in [1.82, 2.24) is 9.97 Å². The predicted octanol–water partition coefficient (Wildman–Crippen LogP) is 2.29. The Labute approximate surface area is 92.2 Å². The Kier molecular flexibility index (Phi) is 2.82. The van der Waals surface area contributed by atoms with E-state index in [0.29, 0.717) is 11.5 Å². The minimum absolute atomic E-state index is 0.210. The van der Waals surface area contributed by atoms with Crippen molar-refractivity contribution in [2.24, 2.45) is 0 Å². The molecule has 1 unspecified atom stereocenters. The molecule has 0 aliphatic carbocycles. The molecule has 0 aliphatic rings. The maximum absolute atomic E-state index is 5.74. The smallest absolute Gasteiger partial charge is 0.153 e. The van der Waals surface area contributed by atoms with Crippen molar-refractivity contribution in [3.05, 3.63) is 34.9 Å². The predicted molar refractivity (Wildman–Crippen MR) is 62.8 cm³/mol. The van der Waals surface area contributed by atoms with Crippen molar-refractivity contribution in [3.8, 4) is 0 Å². The lowest BCUT2D eigenvalue weighted by molar-refractivity contribution is 0.894. The summed E-state index contributed by atoms with van der Waals surface area (Å²) in [6.45, 7) is 2.08. The Bertz CT molecular complexity index is 427. The van der Waals surface area contributed by atoms with Crippen LogP contribution in [0.5, 0.6) is 0 Å². The summed E-state index contributed by atoms with van der Waals surface area (Å²) >= 11 is 1.71. The molecule has 15 heavy (non-hydrogen) atoms. The van der Waals surface area contributed by atoms with Gasteiger partial charge in [-0.15, -0.1) is 11.3 Å². The molecule has 0 fully saturated rings. The zero-order valence-corrected chi connectivity index (χ0v) is 9.16. The molecule has 78 valence electrons. The van der Waals surface area contributed by atoms with Crippen molar-refractivity contribution >= 4 is 22.8 Å². The largest absolute Gasteiger partial charge is 0.394 e. The molecule has 0 spiro atoms. The van der Waals surface area contributed by atoms with Gasteiger partial charge in [-0.2, -0.15) is 0 Å². The first-order valence-corrected chi connectivity index (χ1v) is 5.51. The molecule has 2 aromatic heterocycles. The van der Waals surface area contributed by atoms with Crippen LogP contribution in [0.1, 0.15) is 17.8 Å². The summed E-state index contributed by atoms with van der Waals surface area (Å²) in [4.78, 5) is 9.18. The van der Waals surface area contributed by atoms with Crippen molar-refractivity contribution in [1.29, 1.82) is 0 Å². The Hall–Kier alpha value is -1.62. The molecule has 5 heteroatoms. The van der Waals surface area contributed by atoms with Gasteiger partial charge in [0.2, 0.25) is 0 Å². The van der Waals surface area contributed by atoms with Crippen LogP contribution in [0.2, 0.25) is 0 Å². The van der Waals surface area contributed by atoms with Crippen LogP contribution in [-0.4, -0.2) is 9.97 Å². The molecule has 0 bridgehead atoms. The van der Waals surface area contributed by atoms with Crippen LogP contribution < -0.4 is 11.1 Å². The molecule has 0 amide bonds. The van der Waals surface area contributed by atoms with Gasteiger partial charge in [-0.1, -0.05) is 6.07 Å². The second-order valence-corrected chi connectivity index (χ2v) is 4.19. The Balaban J connectivity index is 2.13. The molecule has 0 saturated carbocycles. The van der Waals surface area contributed by atoms with Gasteiger partial charge in [-0.25, -0.2) is 9.97 Å². The highest BCUT2D eigenvalue weighted by Crippen LogP contribution is 2.23. The molecule has 0 radical (unpaired) electrons. The highest BCUT2D eigenvalue weighted by atomic mass is 32.1. The number of thiophene rings is 1. The number of hydrogen-bond acceptors (Lipinski definition) is 5. The van der Waals surface area contributed by atoms with Crippen LogP contribution in [0.4, 0.5) is 11.5 Å². The number of rotatable bonds is 3. The summed E-state index contributed by atoms with van der Waals surface area (Å²) < 4.78 is 0. The SMILES string of the molecule is CC(Nc1ncncc1N)c1cccs1. The minimum Gasteiger partial charge on any atom is -0.394 e. The lowest BCUT2D eigenvalue weighted by atomic mass is 10.3. The number of aromatic nitrogens is 2. The third-order valence-corrected chi connectivity index (χ3v) is 3.12. The van der Waals surface area contributed by atoms with E-state index < -0.39 is 0 Å². The zero-order chi connectivity index (χ0) is 10.7.